The molecule has 0 unspecified atom stereocenters. The SMILES string of the molecule is CC(=O)c1ccc([C@@H]2C=CCO2)cc1. The normalized spacial score (nSPS) is 19.9. The third-order valence-electron chi connectivity index (χ3n) is 2.33. The number of ketones is 1. The van der Waals surface area contributed by atoms with E-state index in [0.29, 0.717) is 6.61 Å². The summed E-state index contributed by atoms with van der Waals surface area (Å²) in [5.74, 6) is 0.0967. The van der Waals surface area contributed by atoms with Gasteiger partial charge in [-0.15, -0.1) is 0 Å². The number of Topliss-reactive ketones (excluding diaryl/α,β-unsaturated/α-hetero) is 1. The quantitative estimate of drug-likeness (QED) is 0.526. The fraction of sp³-hybridized carbons (Fsp3) is 0.250. The number of benzene rings is 1. The molecule has 0 saturated heterocycles. The Hall–Kier alpha value is -1.41. The molecule has 1 heterocycles. The Balaban J connectivity index is 2.21. The van der Waals surface area contributed by atoms with Gasteiger partial charge >= 0.3 is 0 Å². The van der Waals surface area contributed by atoms with Crippen LogP contribution in [0.4, 0.5) is 0 Å². The Kier molecular flexibility index (Phi) is 2.46. The number of carbonyl (C=O) groups is 1. The molecule has 1 aromatic rings. The molecule has 0 amide bonds. The lowest BCUT2D eigenvalue weighted by Crippen LogP contribution is -1.97. The van der Waals surface area contributed by atoms with E-state index in [1.165, 1.54) is 0 Å². The van der Waals surface area contributed by atoms with Gasteiger partial charge in [0.15, 0.2) is 5.78 Å². The zero-order valence-corrected chi connectivity index (χ0v) is 8.07. The first-order valence-corrected chi connectivity index (χ1v) is 4.66. The van der Waals surface area contributed by atoms with E-state index in [0.717, 1.165) is 11.1 Å². The third-order valence-corrected chi connectivity index (χ3v) is 2.33. The largest absolute Gasteiger partial charge is 0.365 e. The van der Waals surface area contributed by atoms with Gasteiger partial charge < -0.3 is 4.74 Å². The number of hydrogen-bond donors (Lipinski definition) is 0. The van der Waals surface area contributed by atoms with E-state index in [1.807, 2.05) is 36.4 Å². The van der Waals surface area contributed by atoms with E-state index in [-0.39, 0.29) is 11.9 Å². The van der Waals surface area contributed by atoms with Gasteiger partial charge in [-0.25, -0.2) is 0 Å². The molecule has 0 N–H and O–H groups in total. The summed E-state index contributed by atoms with van der Waals surface area (Å²) >= 11 is 0. The average molecular weight is 188 g/mol. The van der Waals surface area contributed by atoms with Crippen LogP contribution in [0.5, 0.6) is 0 Å². The summed E-state index contributed by atoms with van der Waals surface area (Å²) in [4.78, 5) is 11.0. The molecular weight excluding hydrogens is 176 g/mol. The molecule has 0 saturated carbocycles. The van der Waals surface area contributed by atoms with Gasteiger partial charge in [-0.2, -0.15) is 0 Å². The molecule has 0 aromatic heterocycles. The third kappa shape index (κ3) is 1.75. The monoisotopic (exact) mass is 188 g/mol. The van der Waals surface area contributed by atoms with Crippen molar-refractivity contribution in [2.45, 2.75) is 13.0 Å². The van der Waals surface area contributed by atoms with Gasteiger partial charge in [-0.05, 0) is 12.5 Å². The lowest BCUT2D eigenvalue weighted by molar-refractivity contribution is 0.101. The van der Waals surface area contributed by atoms with Crippen LogP contribution in [0.2, 0.25) is 0 Å². The Morgan fingerprint density at radius 2 is 2.07 bits per heavy atom. The maximum atomic E-state index is 11.0. The van der Waals surface area contributed by atoms with Crippen LogP contribution in [0.3, 0.4) is 0 Å². The van der Waals surface area contributed by atoms with Gasteiger partial charge in [-0.3, -0.25) is 4.79 Å². The first-order chi connectivity index (χ1) is 6.77. The van der Waals surface area contributed by atoms with E-state index in [1.54, 1.807) is 6.92 Å². The number of hydrogen-bond acceptors (Lipinski definition) is 2. The van der Waals surface area contributed by atoms with Crippen LogP contribution in [0.15, 0.2) is 36.4 Å². The minimum absolute atomic E-state index is 0.0657. The van der Waals surface area contributed by atoms with Gasteiger partial charge in [0.2, 0.25) is 0 Å². The van der Waals surface area contributed by atoms with E-state index >= 15 is 0 Å². The smallest absolute Gasteiger partial charge is 0.159 e. The minimum atomic E-state index is 0.0657. The van der Waals surface area contributed by atoms with E-state index in [2.05, 4.69) is 0 Å². The van der Waals surface area contributed by atoms with Crippen LogP contribution >= 0.6 is 0 Å². The zero-order chi connectivity index (χ0) is 9.97. The van der Waals surface area contributed by atoms with Crippen LogP contribution in [-0.2, 0) is 4.74 Å². The van der Waals surface area contributed by atoms with Crippen molar-refractivity contribution in [3.8, 4) is 0 Å². The molecule has 1 aliphatic heterocycles. The summed E-state index contributed by atoms with van der Waals surface area (Å²) in [5, 5.41) is 0. The first-order valence-electron chi connectivity index (χ1n) is 4.66. The molecule has 14 heavy (non-hydrogen) atoms. The number of ether oxygens (including phenoxy) is 1. The predicted octanol–water partition coefficient (Wildman–Crippen LogP) is 2.52. The second kappa shape index (κ2) is 3.76. The number of carbonyl (C=O) groups excluding carboxylic acids is 1. The summed E-state index contributed by atoms with van der Waals surface area (Å²) in [7, 11) is 0. The molecule has 72 valence electrons. The zero-order valence-electron chi connectivity index (χ0n) is 8.07. The van der Waals surface area contributed by atoms with Crippen LogP contribution < -0.4 is 0 Å². The van der Waals surface area contributed by atoms with Crippen molar-refractivity contribution in [3.63, 3.8) is 0 Å². The van der Waals surface area contributed by atoms with Crippen LogP contribution in [-0.4, -0.2) is 12.4 Å². The van der Waals surface area contributed by atoms with Gasteiger partial charge in [-0.1, -0.05) is 36.4 Å². The Morgan fingerprint density at radius 1 is 1.36 bits per heavy atom. The van der Waals surface area contributed by atoms with Gasteiger partial charge in [0.25, 0.3) is 0 Å². The molecular formula is C12H12O2. The highest BCUT2D eigenvalue weighted by atomic mass is 16.5. The van der Waals surface area contributed by atoms with Crippen molar-refractivity contribution in [1.29, 1.82) is 0 Å². The highest BCUT2D eigenvalue weighted by Crippen LogP contribution is 2.23. The molecule has 1 aromatic carbocycles. The molecule has 1 atom stereocenters. The fourth-order valence-corrected chi connectivity index (χ4v) is 1.51. The van der Waals surface area contributed by atoms with Crippen molar-refractivity contribution in [1.82, 2.24) is 0 Å². The summed E-state index contributed by atoms with van der Waals surface area (Å²) < 4.78 is 5.44. The Morgan fingerprint density at radius 3 is 2.57 bits per heavy atom. The summed E-state index contributed by atoms with van der Waals surface area (Å²) in [5.41, 5.74) is 1.85. The summed E-state index contributed by atoms with van der Waals surface area (Å²) in [6, 6.07) is 7.56. The van der Waals surface area contributed by atoms with Crippen LogP contribution in [0.1, 0.15) is 28.9 Å². The Labute approximate surface area is 83.2 Å². The molecule has 0 spiro atoms. The topological polar surface area (TPSA) is 26.3 Å². The summed E-state index contributed by atoms with van der Waals surface area (Å²) in [6.07, 6.45) is 4.10. The van der Waals surface area contributed by atoms with Gasteiger partial charge in [0.05, 0.1) is 6.61 Å². The van der Waals surface area contributed by atoms with Crippen LogP contribution in [0.25, 0.3) is 0 Å². The molecule has 0 radical (unpaired) electrons. The van der Waals surface area contributed by atoms with Gasteiger partial charge in [0.1, 0.15) is 6.10 Å². The second-order valence-corrected chi connectivity index (χ2v) is 3.36. The average Bonchev–Trinajstić information content (AvgIpc) is 2.71. The maximum absolute atomic E-state index is 11.0. The van der Waals surface area contributed by atoms with Gasteiger partial charge in [0, 0.05) is 5.56 Å². The molecule has 1 aliphatic rings. The standard InChI is InChI=1S/C12H12O2/c1-9(13)10-4-6-11(7-5-10)12-3-2-8-14-12/h2-7,12H,8H2,1H3/t12-/m0/s1. The molecule has 2 heteroatoms. The molecule has 2 rings (SSSR count). The Bertz CT molecular complexity index is 362. The maximum Gasteiger partial charge on any atom is 0.159 e. The van der Waals surface area contributed by atoms with E-state index < -0.39 is 0 Å². The highest BCUT2D eigenvalue weighted by molar-refractivity contribution is 5.94. The molecule has 2 nitrogen and oxygen atoms in total. The van der Waals surface area contributed by atoms with E-state index in [9.17, 15) is 4.79 Å². The van der Waals surface area contributed by atoms with E-state index in [4.69, 9.17) is 4.74 Å². The van der Waals surface area contributed by atoms with Crippen LogP contribution in [0, 0.1) is 0 Å². The van der Waals surface area contributed by atoms with Crippen molar-refractivity contribution in [2.75, 3.05) is 6.61 Å². The molecule has 0 fully saturated rings. The fourth-order valence-electron chi connectivity index (χ4n) is 1.51. The lowest BCUT2D eigenvalue weighted by Gasteiger charge is -2.08. The predicted molar refractivity (Wildman–Crippen MR) is 54.3 cm³/mol. The highest BCUT2D eigenvalue weighted by Gasteiger charge is 2.11. The number of rotatable bonds is 2. The van der Waals surface area contributed by atoms with Crippen molar-refractivity contribution in [3.05, 3.63) is 47.5 Å². The van der Waals surface area contributed by atoms with Crippen molar-refractivity contribution >= 4 is 5.78 Å². The van der Waals surface area contributed by atoms with Crippen molar-refractivity contribution in [2.24, 2.45) is 0 Å². The van der Waals surface area contributed by atoms with Crippen molar-refractivity contribution < 1.29 is 9.53 Å². The minimum Gasteiger partial charge on any atom is -0.365 e. The first kappa shape index (κ1) is 9.16. The lowest BCUT2D eigenvalue weighted by atomic mass is 10.1. The second-order valence-electron chi connectivity index (χ2n) is 3.36. The molecule has 0 bridgehead atoms. The molecule has 0 aliphatic carbocycles. The summed E-state index contributed by atoms with van der Waals surface area (Å²) in [6.45, 7) is 2.25.